The van der Waals surface area contributed by atoms with Crippen molar-refractivity contribution < 1.29 is 9.53 Å². The topological polar surface area (TPSA) is 57.2 Å². The highest BCUT2D eigenvalue weighted by molar-refractivity contribution is 14.0. The van der Waals surface area contributed by atoms with Gasteiger partial charge in [-0.05, 0) is 19.8 Å². The molecule has 0 aromatic rings. The van der Waals surface area contributed by atoms with Gasteiger partial charge in [0.15, 0.2) is 5.96 Å². The lowest BCUT2D eigenvalue weighted by Crippen LogP contribution is -2.53. The van der Waals surface area contributed by atoms with Crippen LogP contribution < -0.4 is 5.32 Å². The first kappa shape index (κ1) is 20.2. The van der Waals surface area contributed by atoms with Crippen LogP contribution in [0.5, 0.6) is 0 Å². The molecule has 0 atom stereocenters. The molecule has 1 fully saturated rings. The zero-order valence-electron chi connectivity index (χ0n) is 14.2. The normalized spacial score (nSPS) is 19.0. The Balaban J connectivity index is 0.00000264. The van der Waals surface area contributed by atoms with Crippen LogP contribution in [0.25, 0.3) is 0 Å². The Kier molecular flexibility index (Phi) is 9.54. The van der Waals surface area contributed by atoms with E-state index in [1.54, 1.807) is 6.92 Å². The molecule has 1 amide bonds. The number of piperazine rings is 1. The highest BCUT2D eigenvalue weighted by Crippen LogP contribution is 2.12. The molecule has 0 aliphatic carbocycles. The molecule has 2 rings (SSSR count). The molecule has 1 N–H and O–H groups in total. The number of carbonyl (C=O) groups excluding carboxylic acids is 1. The van der Waals surface area contributed by atoms with Gasteiger partial charge in [-0.25, -0.2) is 0 Å². The number of amides is 1. The maximum absolute atomic E-state index is 11.4. The van der Waals surface area contributed by atoms with Crippen molar-refractivity contribution in [1.82, 2.24) is 15.1 Å². The lowest BCUT2D eigenvalue weighted by Gasteiger charge is -2.36. The fraction of sp³-hybridized carbons (Fsp3) is 0.750. The van der Waals surface area contributed by atoms with E-state index in [4.69, 9.17) is 9.73 Å². The summed E-state index contributed by atoms with van der Waals surface area (Å²) in [7, 11) is 0. The number of nitrogens with one attached hydrogen (secondary N) is 1. The summed E-state index contributed by atoms with van der Waals surface area (Å²) in [5, 5.41) is 3.36. The largest absolute Gasteiger partial charge is 0.377 e. The second kappa shape index (κ2) is 10.9. The van der Waals surface area contributed by atoms with Crippen molar-refractivity contribution in [2.24, 2.45) is 4.99 Å². The summed E-state index contributed by atoms with van der Waals surface area (Å²) in [5.41, 5.74) is 1.45. The molecule has 2 heterocycles. The number of aliphatic imine (C=N–C) groups is 1. The smallest absolute Gasteiger partial charge is 0.219 e. The predicted molar refractivity (Wildman–Crippen MR) is 103 cm³/mol. The van der Waals surface area contributed by atoms with E-state index in [1.807, 2.05) is 4.90 Å². The van der Waals surface area contributed by atoms with Gasteiger partial charge in [-0.15, -0.1) is 24.0 Å². The number of halogens is 1. The fourth-order valence-corrected chi connectivity index (χ4v) is 2.76. The standard InChI is InChI=1S/C16H28N4O2.HI/c1-3-17-16(18-7-4-15-5-12-22-13-6-15)20-10-8-19(9-11-20)14(2)21;/h5H,3-4,6-13H2,1-2H3,(H,17,18);1H. The van der Waals surface area contributed by atoms with Crippen LogP contribution >= 0.6 is 24.0 Å². The van der Waals surface area contributed by atoms with E-state index >= 15 is 0 Å². The summed E-state index contributed by atoms with van der Waals surface area (Å²) >= 11 is 0. The number of hydrogen-bond donors (Lipinski definition) is 1. The van der Waals surface area contributed by atoms with Crippen LogP contribution in [0.2, 0.25) is 0 Å². The van der Waals surface area contributed by atoms with E-state index in [2.05, 4.69) is 23.2 Å². The molecule has 0 aromatic carbocycles. The van der Waals surface area contributed by atoms with Gasteiger partial charge in [0.25, 0.3) is 0 Å². The number of ether oxygens (including phenoxy) is 1. The van der Waals surface area contributed by atoms with Crippen LogP contribution in [0.1, 0.15) is 26.7 Å². The summed E-state index contributed by atoms with van der Waals surface area (Å²) in [6.07, 6.45) is 4.21. The van der Waals surface area contributed by atoms with Gasteiger partial charge >= 0.3 is 0 Å². The second-order valence-electron chi connectivity index (χ2n) is 5.67. The van der Waals surface area contributed by atoms with Gasteiger partial charge < -0.3 is 19.9 Å². The number of rotatable bonds is 4. The van der Waals surface area contributed by atoms with E-state index in [9.17, 15) is 4.79 Å². The molecule has 132 valence electrons. The average molecular weight is 436 g/mol. The molecule has 1 saturated heterocycles. The van der Waals surface area contributed by atoms with Gasteiger partial charge in [0, 0.05) is 46.2 Å². The SMILES string of the molecule is CCNC(=NCCC1=CCOCC1)N1CCN(C(C)=O)CC1.I. The van der Waals surface area contributed by atoms with Crippen LogP contribution in [0.4, 0.5) is 0 Å². The molecule has 0 bridgehead atoms. The molecule has 0 saturated carbocycles. The predicted octanol–water partition coefficient (Wildman–Crippen LogP) is 1.47. The average Bonchev–Trinajstić information content (AvgIpc) is 2.55. The minimum Gasteiger partial charge on any atom is -0.377 e. The van der Waals surface area contributed by atoms with Crippen molar-refractivity contribution in [2.45, 2.75) is 26.7 Å². The zero-order chi connectivity index (χ0) is 15.8. The molecule has 6 nitrogen and oxygen atoms in total. The minimum absolute atomic E-state index is 0. The summed E-state index contributed by atoms with van der Waals surface area (Å²) in [6.45, 7) is 10.2. The maximum Gasteiger partial charge on any atom is 0.219 e. The molecule has 0 spiro atoms. The van der Waals surface area contributed by atoms with E-state index in [0.29, 0.717) is 0 Å². The molecule has 23 heavy (non-hydrogen) atoms. The number of carbonyl (C=O) groups is 1. The van der Waals surface area contributed by atoms with E-state index in [1.165, 1.54) is 5.57 Å². The van der Waals surface area contributed by atoms with E-state index in [0.717, 1.165) is 71.3 Å². The van der Waals surface area contributed by atoms with Crippen molar-refractivity contribution >= 4 is 35.8 Å². The van der Waals surface area contributed by atoms with Crippen LogP contribution in [-0.4, -0.2) is 74.1 Å². The molecule has 2 aliphatic rings. The Morgan fingerprint density at radius 3 is 2.57 bits per heavy atom. The zero-order valence-corrected chi connectivity index (χ0v) is 16.5. The number of nitrogens with zero attached hydrogens (tertiary/aromatic N) is 3. The molecule has 2 aliphatic heterocycles. The van der Waals surface area contributed by atoms with Crippen molar-refractivity contribution in [1.29, 1.82) is 0 Å². The minimum atomic E-state index is 0. The Hall–Kier alpha value is -0.830. The van der Waals surface area contributed by atoms with Crippen LogP contribution in [-0.2, 0) is 9.53 Å². The highest BCUT2D eigenvalue weighted by atomic mass is 127. The van der Waals surface area contributed by atoms with Gasteiger partial charge in [-0.2, -0.15) is 0 Å². The molecular weight excluding hydrogens is 407 g/mol. The van der Waals surface area contributed by atoms with E-state index < -0.39 is 0 Å². The van der Waals surface area contributed by atoms with Gasteiger partial charge in [-0.1, -0.05) is 11.6 Å². The third-order valence-corrected chi connectivity index (χ3v) is 4.11. The lowest BCUT2D eigenvalue weighted by atomic mass is 10.1. The first-order chi connectivity index (χ1) is 10.7. The van der Waals surface area contributed by atoms with Crippen molar-refractivity contribution in [3.8, 4) is 0 Å². The monoisotopic (exact) mass is 436 g/mol. The Morgan fingerprint density at radius 2 is 2.00 bits per heavy atom. The van der Waals surface area contributed by atoms with Crippen LogP contribution in [0.15, 0.2) is 16.6 Å². The molecule has 0 radical (unpaired) electrons. The van der Waals surface area contributed by atoms with Crippen LogP contribution in [0, 0.1) is 0 Å². The fourth-order valence-electron chi connectivity index (χ4n) is 2.76. The van der Waals surface area contributed by atoms with Gasteiger partial charge in [0.2, 0.25) is 5.91 Å². The highest BCUT2D eigenvalue weighted by Gasteiger charge is 2.20. The van der Waals surface area contributed by atoms with Crippen LogP contribution in [0.3, 0.4) is 0 Å². The number of guanidine groups is 1. The molecule has 0 aromatic heterocycles. The first-order valence-electron chi connectivity index (χ1n) is 8.25. The van der Waals surface area contributed by atoms with E-state index in [-0.39, 0.29) is 29.9 Å². The molecule has 7 heteroatoms. The number of hydrogen-bond acceptors (Lipinski definition) is 3. The maximum atomic E-state index is 11.4. The Morgan fingerprint density at radius 1 is 1.30 bits per heavy atom. The second-order valence-corrected chi connectivity index (χ2v) is 5.67. The lowest BCUT2D eigenvalue weighted by molar-refractivity contribution is -0.130. The summed E-state index contributed by atoms with van der Waals surface area (Å²) < 4.78 is 5.33. The Bertz CT molecular complexity index is 432. The summed E-state index contributed by atoms with van der Waals surface area (Å²) in [6, 6.07) is 0. The quantitative estimate of drug-likeness (QED) is 0.314. The molecule has 0 unspecified atom stereocenters. The third-order valence-electron chi connectivity index (χ3n) is 4.11. The summed E-state index contributed by atoms with van der Waals surface area (Å²) in [5.74, 6) is 1.13. The van der Waals surface area contributed by atoms with Gasteiger partial charge in [-0.3, -0.25) is 9.79 Å². The van der Waals surface area contributed by atoms with Crippen molar-refractivity contribution in [2.75, 3.05) is 52.5 Å². The summed E-state index contributed by atoms with van der Waals surface area (Å²) in [4.78, 5) is 20.3. The van der Waals surface area contributed by atoms with Gasteiger partial charge in [0.05, 0.1) is 13.2 Å². The first-order valence-corrected chi connectivity index (χ1v) is 8.25. The third kappa shape index (κ3) is 6.66. The van der Waals surface area contributed by atoms with Crippen molar-refractivity contribution in [3.05, 3.63) is 11.6 Å². The van der Waals surface area contributed by atoms with Gasteiger partial charge in [0.1, 0.15) is 0 Å². The Labute approximate surface area is 156 Å². The molecular formula is C16H29IN4O2. The van der Waals surface area contributed by atoms with Crippen molar-refractivity contribution in [3.63, 3.8) is 0 Å².